The van der Waals surface area contributed by atoms with E-state index in [9.17, 15) is 18.0 Å². The van der Waals surface area contributed by atoms with Gasteiger partial charge in [-0.2, -0.15) is 0 Å². The van der Waals surface area contributed by atoms with Gasteiger partial charge in [-0.05, 0) is 85.5 Å². The van der Waals surface area contributed by atoms with E-state index in [2.05, 4.69) is 0 Å². The van der Waals surface area contributed by atoms with Gasteiger partial charge in [0.1, 0.15) is 10.6 Å². The lowest BCUT2D eigenvalue weighted by Crippen LogP contribution is -2.34. The summed E-state index contributed by atoms with van der Waals surface area (Å²) in [5.41, 5.74) is 1.18. The van der Waals surface area contributed by atoms with Gasteiger partial charge in [0.15, 0.2) is 0 Å². The number of hydrogen-bond acceptors (Lipinski definition) is 7. The van der Waals surface area contributed by atoms with Crippen molar-refractivity contribution < 1.29 is 27.2 Å². The third kappa shape index (κ3) is 6.63. The fraction of sp³-hybridized carbons (Fsp3) is 0.188. The first-order chi connectivity index (χ1) is 21.1. The van der Waals surface area contributed by atoms with Crippen molar-refractivity contribution in [1.29, 1.82) is 0 Å². The molecule has 0 atom stereocenters. The number of benzene rings is 3. The fourth-order valence-electron chi connectivity index (χ4n) is 4.80. The van der Waals surface area contributed by atoms with Crippen LogP contribution in [0.15, 0.2) is 94.4 Å². The van der Waals surface area contributed by atoms with Gasteiger partial charge in [0.25, 0.3) is 15.9 Å². The van der Waals surface area contributed by atoms with Crippen molar-refractivity contribution in [1.82, 2.24) is 4.90 Å². The van der Waals surface area contributed by atoms with Gasteiger partial charge in [0, 0.05) is 22.8 Å². The molecule has 0 aliphatic heterocycles. The van der Waals surface area contributed by atoms with Crippen LogP contribution in [0.2, 0.25) is 10.0 Å². The van der Waals surface area contributed by atoms with Crippen LogP contribution in [-0.2, 0) is 27.8 Å². The minimum Gasteiger partial charge on any atom is -0.467 e. The lowest BCUT2D eigenvalue weighted by atomic mass is 10.1. The zero-order valence-corrected chi connectivity index (χ0v) is 27.0. The molecule has 0 fully saturated rings. The van der Waals surface area contributed by atoms with Gasteiger partial charge in [-0.3, -0.25) is 9.10 Å². The zero-order valence-electron chi connectivity index (χ0n) is 23.8. The number of esters is 1. The highest BCUT2D eigenvalue weighted by Gasteiger charge is 2.28. The number of ether oxygens (including phenoxy) is 1. The van der Waals surface area contributed by atoms with Crippen molar-refractivity contribution in [3.63, 3.8) is 0 Å². The Bertz CT molecular complexity index is 1920. The van der Waals surface area contributed by atoms with E-state index < -0.39 is 16.0 Å². The second-order valence-electron chi connectivity index (χ2n) is 9.69. The molecule has 0 saturated heterocycles. The average molecular weight is 672 g/mol. The molecule has 8 nitrogen and oxygen atoms in total. The monoisotopic (exact) mass is 670 g/mol. The van der Waals surface area contributed by atoms with Gasteiger partial charge < -0.3 is 14.1 Å². The van der Waals surface area contributed by atoms with E-state index in [4.69, 9.17) is 32.4 Å². The van der Waals surface area contributed by atoms with Gasteiger partial charge in [-0.1, -0.05) is 41.4 Å². The summed E-state index contributed by atoms with van der Waals surface area (Å²) in [4.78, 5) is 28.0. The molecule has 0 unspecified atom stereocenters. The lowest BCUT2D eigenvalue weighted by Gasteiger charge is -2.28. The van der Waals surface area contributed by atoms with E-state index >= 15 is 0 Å². The molecule has 0 bridgehead atoms. The maximum Gasteiger partial charge on any atom is 0.348 e. The van der Waals surface area contributed by atoms with Gasteiger partial charge in [0.2, 0.25) is 0 Å². The highest BCUT2D eigenvalue weighted by atomic mass is 35.5. The molecule has 2 aromatic heterocycles. The molecule has 3 aromatic carbocycles. The molecule has 0 aliphatic carbocycles. The first kappa shape index (κ1) is 31.6. The number of thiophene rings is 1. The third-order valence-corrected chi connectivity index (χ3v) is 10.4. The lowest BCUT2D eigenvalue weighted by molar-refractivity contribution is 0.0532. The summed E-state index contributed by atoms with van der Waals surface area (Å²) in [6.07, 6.45) is 1.52. The normalized spacial score (nSPS) is 11.5. The van der Waals surface area contributed by atoms with Crippen LogP contribution in [0.3, 0.4) is 0 Å². The van der Waals surface area contributed by atoms with Crippen molar-refractivity contribution in [2.45, 2.75) is 31.8 Å². The van der Waals surface area contributed by atoms with Crippen molar-refractivity contribution in [3.05, 3.63) is 117 Å². The van der Waals surface area contributed by atoms with E-state index in [0.717, 1.165) is 5.39 Å². The first-order valence-electron chi connectivity index (χ1n) is 13.7. The summed E-state index contributed by atoms with van der Waals surface area (Å²) in [6, 6.07) is 21.5. The zero-order chi connectivity index (χ0) is 31.4. The number of carbonyl (C=O) groups is 2. The maximum absolute atomic E-state index is 14.1. The first-order valence-corrected chi connectivity index (χ1v) is 16.7. The number of hydrogen-bond donors (Lipinski definition) is 0. The Labute approximate surface area is 269 Å². The molecule has 1 amide bonds. The van der Waals surface area contributed by atoms with Crippen LogP contribution in [0.25, 0.3) is 10.1 Å². The molecule has 0 saturated carbocycles. The van der Waals surface area contributed by atoms with Crippen molar-refractivity contribution in [2.24, 2.45) is 0 Å². The molecule has 228 valence electrons. The second-order valence-corrected chi connectivity index (χ2v) is 13.5. The molecular weight excluding hydrogens is 643 g/mol. The molecule has 12 heteroatoms. The number of furan rings is 1. The molecule has 0 spiro atoms. The molecule has 0 aliphatic rings. The van der Waals surface area contributed by atoms with Crippen molar-refractivity contribution in [3.8, 4) is 0 Å². The summed E-state index contributed by atoms with van der Waals surface area (Å²) < 4.78 is 40.8. The number of halogens is 2. The van der Waals surface area contributed by atoms with E-state index in [1.807, 2.05) is 0 Å². The van der Waals surface area contributed by atoms with Gasteiger partial charge in [-0.25, -0.2) is 13.2 Å². The number of anilines is 1. The summed E-state index contributed by atoms with van der Waals surface area (Å²) in [5.74, 6) is -0.269. The Balaban J connectivity index is 1.53. The van der Waals surface area contributed by atoms with E-state index in [-0.39, 0.29) is 37.0 Å². The van der Waals surface area contributed by atoms with E-state index in [1.165, 1.54) is 32.9 Å². The highest BCUT2D eigenvalue weighted by Crippen LogP contribution is 2.34. The minimum atomic E-state index is -4.08. The molecule has 5 aromatic rings. The Kier molecular flexibility index (Phi) is 9.65. The Morgan fingerprint density at radius 1 is 0.932 bits per heavy atom. The second kappa shape index (κ2) is 13.4. The maximum atomic E-state index is 14.1. The molecular formula is C32H28Cl2N2O6S2. The van der Waals surface area contributed by atoms with Crippen LogP contribution in [0.4, 0.5) is 5.69 Å². The Morgan fingerprint density at radius 3 is 2.43 bits per heavy atom. The quantitative estimate of drug-likeness (QED) is 0.132. The highest BCUT2D eigenvalue weighted by molar-refractivity contribution is 7.92. The fourth-order valence-corrected chi connectivity index (χ4v) is 7.82. The molecule has 44 heavy (non-hydrogen) atoms. The number of fused-ring (bicyclic) bond motifs is 1. The summed E-state index contributed by atoms with van der Waals surface area (Å²) >= 11 is 14.0. The van der Waals surface area contributed by atoms with Crippen LogP contribution in [0.1, 0.15) is 45.2 Å². The van der Waals surface area contributed by atoms with Crippen molar-refractivity contribution in [2.75, 3.05) is 17.5 Å². The van der Waals surface area contributed by atoms with Crippen molar-refractivity contribution >= 4 is 72.2 Å². The minimum absolute atomic E-state index is 0.0134. The van der Waals surface area contributed by atoms with Crippen LogP contribution >= 0.6 is 34.5 Å². The smallest absolute Gasteiger partial charge is 0.348 e. The molecule has 0 N–H and O–H groups in total. The average Bonchev–Trinajstić information content (AvgIpc) is 3.68. The van der Waals surface area contributed by atoms with Crippen LogP contribution in [0, 0.1) is 0 Å². The summed E-state index contributed by atoms with van der Waals surface area (Å²) in [7, 11) is -4.08. The predicted octanol–water partition coefficient (Wildman–Crippen LogP) is 8.04. The van der Waals surface area contributed by atoms with E-state index in [1.54, 1.807) is 86.6 Å². The van der Waals surface area contributed by atoms with Crippen LogP contribution in [0.5, 0.6) is 0 Å². The largest absolute Gasteiger partial charge is 0.467 e. The Hall–Kier alpha value is -3.83. The predicted molar refractivity (Wildman–Crippen MR) is 173 cm³/mol. The standard InChI is InChI=1S/C32H28Cl2N2O6S2/c1-3-36(44(39,40)25-13-11-21-17-30(32(38)41-4-2)43-29(21)18-25)28-14-12-23(33)16-22(28)19-35(20-24-8-7-15-42-24)31(37)26-9-5-6-10-27(26)34/h5-18H,3-4,19-20H2,1-2H3. The van der Waals surface area contributed by atoms with E-state index in [0.29, 0.717) is 42.2 Å². The van der Waals surface area contributed by atoms with Crippen LogP contribution < -0.4 is 4.31 Å². The number of rotatable bonds is 11. The molecule has 5 rings (SSSR count). The summed E-state index contributed by atoms with van der Waals surface area (Å²) in [5, 5.41) is 1.41. The van der Waals surface area contributed by atoms with Gasteiger partial charge in [0.05, 0.1) is 40.6 Å². The molecule has 2 heterocycles. The topological polar surface area (TPSA) is 97.1 Å². The number of amides is 1. The number of nitrogens with zero attached hydrogens (tertiary/aromatic N) is 2. The van der Waals surface area contributed by atoms with Gasteiger partial charge >= 0.3 is 5.97 Å². The third-order valence-electron chi connectivity index (χ3n) is 6.83. The number of carbonyl (C=O) groups excluding carboxylic acids is 2. The van der Waals surface area contributed by atoms with Gasteiger partial charge in [-0.15, -0.1) is 11.3 Å². The SMILES string of the molecule is CCOC(=O)c1cc2ccc(S(=O)(=O)N(CC)c3ccc(Cl)cc3CN(Cc3ccco3)C(=O)c3ccccc3Cl)cc2s1. The number of sulfonamides is 1. The molecule has 0 radical (unpaired) electrons. The Morgan fingerprint density at radius 2 is 1.73 bits per heavy atom. The van der Waals surface area contributed by atoms with Crippen LogP contribution in [-0.4, -0.2) is 38.3 Å². The summed E-state index contributed by atoms with van der Waals surface area (Å²) in [6.45, 7) is 3.92.